The Labute approximate surface area is 365 Å². The topological polar surface area (TPSA) is 73.8 Å². The van der Waals surface area contributed by atoms with E-state index in [1.165, 1.54) is 0 Å². The number of hydrogen-bond acceptors (Lipinski definition) is 8. The van der Waals surface area contributed by atoms with Crippen LogP contribution in [0.2, 0.25) is 0 Å². The summed E-state index contributed by atoms with van der Waals surface area (Å²) in [5.41, 5.74) is 9.05. The highest BCUT2D eigenvalue weighted by molar-refractivity contribution is 9.09. The van der Waals surface area contributed by atoms with Crippen molar-refractivity contribution in [3.8, 4) is 46.0 Å². The molecule has 0 spiro atoms. The first-order valence-corrected chi connectivity index (χ1v) is 23.4. The van der Waals surface area contributed by atoms with E-state index < -0.39 is 0 Å². The molecule has 1 aliphatic carbocycles. The van der Waals surface area contributed by atoms with Gasteiger partial charge in [-0.05, 0) is 144 Å². The van der Waals surface area contributed by atoms with Crippen LogP contribution in [0.5, 0.6) is 46.0 Å². The zero-order valence-electron chi connectivity index (χ0n) is 32.7. The highest BCUT2D eigenvalue weighted by Gasteiger charge is 2.23. The van der Waals surface area contributed by atoms with Crippen molar-refractivity contribution in [3.05, 3.63) is 93.0 Å². The van der Waals surface area contributed by atoms with Crippen LogP contribution in [0.25, 0.3) is 0 Å². The number of alkyl halides is 4. The highest BCUT2D eigenvalue weighted by Crippen LogP contribution is 2.42. The molecule has 12 heteroatoms. The van der Waals surface area contributed by atoms with Crippen molar-refractivity contribution >= 4 is 63.7 Å². The number of benzene rings is 4. The van der Waals surface area contributed by atoms with E-state index in [-0.39, 0.29) is 0 Å². The fraction of sp³-hybridized carbons (Fsp3) is 0.455. The van der Waals surface area contributed by atoms with Gasteiger partial charge < -0.3 is 37.9 Å². The number of hydrogen-bond donors (Lipinski definition) is 0. The molecule has 0 fully saturated rings. The van der Waals surface area contributed by atoms with Crippen LogP contribution in [0, 0.1) is 0 Å². The molecule has 5 rings (SSSR count). The predicted octanol–water partition coefficient (Wildman–Crippen LogP) is 11.1. The van der Waals surface area contributed by atoms with Gasteiger partial charge in [-0.25, -0.2) is 0 Å². The van der Waals surface area contributed by atoms with Crippen molar-refractivity contribution in [3.63, 3.8) is 0 Å². The van der Waals surface area contributed by atoms with Crippen LogP contribution in [-0.4, -0.2) is 76.2 Å². The second-order valence-electron chi connectivity index (χ2n) is 13.4. The Kier molecular flexibility index (Phi) is 18.2. The number of fused-ring (bicyclic) bond motifs is 4. The predicted molar refractivity (Wildman–Crippen MR) is 239 cm³/mol. The van der Waals surface area contributed by atoms with Crippen molar-refractivity contribution in [2.75, 3.05) is 76.2 Å². The molecule has 0 N–H and O–H groups in total. The van der Waals surface area contributed by atoms with Crippen LogP contribution in [0.4, 0.5) is 0 Å². The molecule has 0 saturated heterocycles. The molecule has 0 aliphatic heterocycles. The zero-order chi connectivity index (χ0) is 39.9. The molecule has 304 valence electrons. The molecule has 0 radical (unpaired) electrons. The molecule has 0 amide bonds. The number of halogens is 4. The van der Waals surface area contributed by atoms with Crippen LogP contribution < -0.4 is 37.9 Å². The van der Waals surface area contributed by atoms with E-state index in [4.69, 9.17) is 37.9 Å². The van der Waals surface area contributed by atoms with Crippen LogP contribution in [-0.2, 0) is 25.7 Å². The quantitative estimate of drug-likeness (QED) is 0.0564. The summed E-state index contributed by atoms with van der Waals surface area (Å²) < 4.78 is 49.2. The summed E-state index contributed by atoms with van der Waals surface area (Å²) in [7, 11) is 6.79. The van der Waals surface area contributed by atoms with Crippen molar-refractivity contribution in [1.29, 1.82) is 0 Å². The molecule has 56 heavy (non-hydrogen) atoms. The molecule has 0 heterocycles. The van der Waals surface area contributed by atoms with E-state index in [0.29, 0.717) is 75.1 Å². The molecule has 0 atom stereocenters. The van der Waals surface area contributed by atoms with Crippen LogP contribution >= 0.6 is 63.7 Å². The Bertz CT molecular complexity index is 1620. The summed E-state index contributed by atoms with van der Waals surface area (Å²) in [6.45, 7) is 2.27. The van der Waals surface area contributed by atoms with E-state index in [1.807, 2.05) is 0 Å². The van der Waals surface area contributed by atoms with Gasteiger partial charge in [0.1, 0.15) is 0 Å². The zero-order valence-corrected chi connectivity index (χ0v) is 39.1. The number of ether oxygens (including phenoxy) is 8. The van der Waals surface area contributed by atoms with Crippen molar-refractivity contribution in [2.24, 2.45) is 0 Å². The van der Waals surface area contributed by atoms with E-state index in [9.17, 15) is 0 Å². The third-order valence-corrected chi connectivity index (χ3v) is 11.9. The third-order valence-electron chi connectivity index (χ3n) is 9.61. The lowest BCUT2D eigenvalue weighted by molar-refractivity contribution is 0.294. The average Bonchev–Trinajstić information content (AvgIpc) is 3.20. The minimum absolute atomic E-state index is 0.568. The molecule has 4 aromatic rings. The summed E-state index contributed by atoms with van der Waals surface area (Å²) in [6.07, 6.45) is 6.00. The monoisotopic (exact) mass is 1020 g/mol. The summed E-state index contributed by atoms with van der Waals surface area (Å²) in [5.74, 6) is 5.68. The molecule has 4 aromatic carbocycles. The Hall–Kier alpha value is -2.80. The first-order chi connectivity index (χ1) is 27.4. The van der Waals surface area contributed by atoms with Gasteiger partial charge >= 0.3 is 0 Å². The molecular weight excluding hydrogens is 976 g/mol. The summed E-state index contributed by atoms with van der Waals surface area (Å²) in [4.78, 5) is 0. The Morgan fingerprint density at radius 1 is 0.321 bits per heavy atom. The van der Waals surface area contributed by atoms with Gasteiger partial charge in [-0.3, -0.25) is 0 Å². The SMILES string of the molecule is COc1cc2c(cc1OCCCBr)Cc1cc(OC)c(OCCCBr)cc1Cc1cc(OC)c(OCCCBr)cc1Cc1cc(OC)c(OCCCBr)cc1C2. The molecule has 0 aromatic heterocycles. The van der Waals surface area contributed by atoms with E-state index in [0.717, 1.165) is 115 Å². The van der Waals surface area contributed by atoms with Gasteiger partial charge in [-0.1, -0.05) is 63.7 Å². The van der Waals surface area contributed by atoms with Gasteiger partial charge in [0.15, 0.2) is 46.0 Å². The minimum atomic E-state index is 0.568. The maximum atomic E-state index is 6.33. The molecule has 0 saturated carbocycles. The molecule has 0 bridgehead atoms. The lowest BCUT2D eigenvalue weighted by atomic mass is 9.85. The minimum Gasteiger partial charge on any atom is -0.493 e. The fourth-order valence-corrected chi connectivity index (χ4v) is 7.67. The standard InChI is InChI=1S/C44H52Br4O8/c1-49-37-21-29-17-34-26-42(54-14-6-10-46)39(51-3)23-31(34)19-36-28-44(56-16-8-12-48)40(52-4)24-32(36)20-35-27-43(55-15-7-11-47)38(50-2)22-30(35)18-33(29)25-41(37)53-13-5-9-45/h21-28H,5-20H2,1-4H3. The van der Waals surface area contributed by atoms with Crippen LogP contribution in [0.15, 0.2) is 48.5 Å². The molecule has 0 unspecified atom stereocenters. The Balaban J connectivity index is 1.78. The number of methoxy groups -OCH3 is 4. The van der Waals surface area contributed by atoms with E-state index in [1.54, 1.807) is 28.4 Å². The largest absolute Gasteiger partial charge is 0.493 e. The lowest BCUT2D eigenvalue weighted by Gasteiger charge is -2.24. The highest BCUT2D eigenvalue weighted by atomic mass is 79.9. The number of rotatable bonds is 20. The average molecular weight is 1030 g/mol. The van der Waals surface area contributed by atoms with Gasteiger partial charge in [-0.15, -0.1) is 0 Å². The van der Waals surface area contributed by atoms with E-state index in [2.05, 4.69) is 112 Å². The van der Waals surface area contributed by atoms with Crippen LogP contribution in [0.1, 0.15) is 70.2 Å². The molecule has 8 nitrogen and oxygen atoms in total. The normalized spacial score (nSPS) is 12.1. The van der Waals surface area contributed by atoms with Gasteiger partial charge in [0.25, 0.3) is 0 Å². The van der Waals surface area contributed by atoms with Gasteiger partial charge in [-0.2, -0.15) is 0 Å². The van der Waals surface area contributed by atoms with Gasteiger partial charge in [0.05, 0.1) is 54.9 Å². The first kappa shape index (κ1) is 44.3. The fourth-order valence-electron chi connectivity index (χ4n) is 6.75. The molecule has 1 aliphatic rings. The van der Waals surface area contributed by atoms with Crippen molar-refractivity contribution < 1.29 is 37.9 Å². The second-order valence-corrected chi connectivity index (χ2v) is 16.5. The molecular formula is C44H52Br4O8. The van der Waals surface area contributed by atoms with E-state index >= 15 is 0 Å². The Morgan fingerprint density at radius 3 is 0.661 bits per heavy atom. The van der Waals surface area contributed by atoms with Gasteiger partial charge in [0.2, 0.25) is 0 Å². The maximum Gasteiger partial charge on any atom is 0.161 e. The smallest absolute Gasteiger partial charge is 0.161 e. The van der Waals surface area contributed by atoms with Crippen molar-refractivity contribution in [1.82, 2.24) is 0 Å². The third kappa shape index (κ3) is 11.7. The summed E-state index contributed by atoms with van der Waals surface area (Å²) >= 11 is 14.2. The lowest BCUT2D eigenvalue weighted by Crippen LogP contribution is -2.10. The Morgan fingerprint density at radius 2 is 0.500 bits per heavy atom. The van der Waals surface area contributed by atoms with Gasteiger partial charge in [0, 0.05) is 21.3 Å². The second kappa shape index (κ2) is 23.0. The van der Waals surface area contributed by atoms with Crippen LogP contribution in [0.3, 0.4) is 0 Å². The summed E-state index contributed by atoms with van der Waals surface area (Å²) in [6, 6.07) is 17.1. The first-order valence-electron chi connectivity index (χ1n) is 18.9. The van der Waals surface area contributed by atoms with Crippen molar-refractivity contribution in [2.45, 2.75) is 51.4 Å². The maximum absolute atomic E-state index is 6.33. The summed E-state index contributed by atoms with van der Waals surface area (Å²) in [5, 5.41) is 3.41.